The van der Waals surface area contributed by atoms with Gasteiger partial charge >= 0.3 is 0 Å². The molecule has 1 aliphatic rings. The van der Waals surface area contributed by atoms with Gasteiger partial charge in [0, 0.05) is 38.2 Å². The molecule has 7 heteroatoms. The molecule has 1 fully saturated rings. The topological polar surface area (TPSA) is 76.2 Å². The van der Waals surface area contributed by atoms with Crippen LogP contribution in [0.15, 0.2) is 18.2 Å². The molecule has 0 unspecified atom stereocenters. The van der Waals surface area contributed by atoms with Crippen molar-refractivity contribution in [2.75, 3.05) is 39.9 Å². The van der Waals surface area contributed by atoms with E-state index in [4.69, 9.17) is 9.47 Å². The normalized spacial score (nSPS) is 14.2. The SMILES string of the molecule is COc1cc(C(C)=O)ccc1OCC(=O)N1CCN(C(=O)CCC(C)C)CC1. The third kappa shape index (κ3) is 5.97. The van der Waals surface area contributed by atoms with E-state index in [2.05, 4.69) is 13.8 Å². The molecule has 1 heterocycles. The van der Waals surface area contributed by atoms with Gasteiger partial charge in [0.05, 0.1) is 7.11 Å². The molecule has 1 aliphatic heterocycles. The third-order valence-electron chi connectivity index (χ3n) is 4.84. The predicted molar refractivity (Wildman–Crippen MR) is 106 cm³/mol. The van der Waals surface area contributed by atoms with Gasteiger partial charge in [0.15, 0.2) is 23.9 Å². The number of amides is 2. The van der Waals surface area contributed by atoms with E-state index in [0.717, 1.165) is 6.42 Å². The first-order chi connectivity index (χ1) is 13.3. The van der Waals surface area contributed by atoms with Gasteiger partial charge in [-0.25, -0.2) is 0 Å². The van der Waals surface area contributed by atoms with E-state index in [-0.39, 0.29) is 24.2 Å². The highest BCUT2D eigenvalue weighted by Gasteiger charge is 2.24. The highest BCUT2D eigenvalue weighted by molar-refractivity contribution is 5.94. The van der Waals surface area contributed by atoms with Gasteiger partial charge in [-0.15, -0.1) is 0 Å². The summed E-state index contributed by atoms with van der Waals surface area (Å²) in [7, 11) is 1.49. The minimum atomic E-state index is -0.132. The van der Waals surface area contributed by atoms with Crippen molar-refractivity contribution in [1.29, 1.82) is 0 Å². The standard InChI is InChI=1S/C21H30N2O5/c1-15(2)5-8-20(25)22-9-11-23(12-10-22)21(26)14-28-18-7-6-17(16(3)24)13-19(18)27-4/h6-7,13,15H,5,8-12,14H2,1-4H3. The molecule has 28 heavy (non-hydrogen) atoms. The van der Waals surface area contributed by atoms with Crippen molar-refractivity contribution in [3.8, 4) is 11.5 Å². The van der Waals surface area contributed by atoms with Gasteiger partial charge in [-0.1, -0.05) is 13.8 Å². The zero-order valence-corrected chi connectivity index (χ0v) is 17.2. The number of ketones is 1. The van der Waals surface area contributed by atoms with Gasteiger partial charge in [0.1, 0.15) is 0 Å². The van der Waals surface area contributed by atoms with Gasteiger partial charge in [0.2, 0.25) is 5.91 Å². The Bertz CT molecular complexity index is 709. The largest absolute Gasteiger partial charge is 0.493 e. The number of benzene rings is 1. The Morgan fingerprint density at radius 1 is 1.00 bits per heavy atom. The van der Waals surface area contributed by atoms with E-state index in [9.17, 15) is 14.4 Å². The number of hydrogen-bond donors (Lipinski definition) is 0. The lowest BCUT2D eigenvalue weighted by Crippen LogP contribution is -2.51. The molecule has 0 spiro atoms. The lowest BCUT2D eigenvalue weighted by atomic mass is 10.1. The highest BCUT2D eigenvalue weighted by atomic mass is 16.5. The Labute approximate surface area is 166 Å². The molecule has 0 bridgehead atoms. The number of hydrogen-bond acceptors (Lipinski definition) is 5. The fourth-order valence-corrected chi connectivity index (χ4v) is 3.01. The van der Waals surface area contributed by atoms with Crippen molar-refractivity contribution in [1.82, 2.24) is 9.80 Å². The molecule has 0 radical (unpaired) electrons. The van der Waals surface area contributed by atoms with E-state index in [1.165, 1.54) is 14.0 Å². The molecule has 154 valence electrons. The fraction of sp³-hybridized carbons (Fsp3) is 0.571. The van der Waals surface area contributed by atoms with Crippen LogP contribution in [-0.2, 0) is 9.59 Å². The Morgan fingerprint density at radius 3 is 2.14 bits per heavy atom. The lowest BCUT2D eigenvalue weighted by molar-refractivity contribution is -0.140. The molecule has 0 atom stereocenters. The average Bonchev–Trinajstić information content (AvgIpc) is 2.69. The number of methoxy groups -OCH3 is 1. The Kier molecular flexibility index (Phi) is 7.84. The molecule has 1 saturated heterocycles. The summed E-state index contributed by atoms with van der Waals surface area (Å²) in [5, 5.41) is 0. The monoisotopic (exact) mass is 390 g/mol. The average molecular weight is 390 g/mol. The summed E-state index contributed by atoms with van der Waals surface area (Å²) in [5.41, 5.74) is 0.522. The molecule has 0 aromatic heterocycles. The van der Waals surface area contributed by atoms with Crippen molar-refractivity contribution >= 4 is 17.6 Å². The highest BCUT2D eigenvalue weighted by Crippen LogP contribution is 2.28. The van der Waals surface area contributed by atoms with Crippen LogP contribution >= 0.6 is 0 Å². The van der Waals surface area contributed by atoms with Gasteiger partial charge in [-0.3, -0.25) is 14.4 Å². The molecular formula is C21H30N2O5. The van der Waals surface area contributed by atoms with E-state index in [1.54, 1.807) is 23.1 Å². The Balaban J connectivity index is 1.83. The Hall–Kier alpha value is -2.57. The zero-order valence-electron chi connectivity index (χ0n) is 17.2. The summed E-state index contributed by atoms with van der Waals surface area (Å²) in [6.45, 7) is 7.70. The van der Waals surface area contributed by atoms with Crippen LogP contribution < -0.4 is 9.47 Å². The molecule has 0 saturated carbocycles. The number of rotatable bonds is 8. The van der Waals surface area contributed by atoms with Crippen LogP contribution in [-0.4, -0.2) is 67.3 Å². The first kappa shape index (κ1) is 21.7. The van der Waals surface area contributed by atoms with Crippen molar-refractivity contribution in [3.05, 3.63) is 23.8 Å². The molecule has 1 aromatic carbocycles. The number of nitrogens with zero attached hydrogens (tertiary/aromatic N) is 2. The second kappa shape index (κ2) is 10.1. The molecule has 1 aromatic rings. The van der Waals surface area contributed by atoms with Crippen LogP contribution in [0.2, 0.25) is 0 Å². The van der Waals surface area contributed by atoms with Crippen molar-refractivity contribution in [2.24, 2.45) is 5.92 Å². The first-order valence-electron chi connectivity index (χ1n) is 9.69. The molecule has 2 rings (SSSR count). The first-order valence-corrected chi connectivity index (χ1v) is 9.69. The van der Waals surface area contributed by atoms with E-state index in [0.29, 0.717) is 55.6 Å². The second-order valence-corrected chi connectivity index (χ2v) is 7.40. The van der Waals surface area contributed by atoms with Crippen molar-refractivity contribution < 1.29 is 23.9 Å². The lowest BCUT2D eigenvalue weighted by Gasteiger charge is -2.35. The van der Waals surface area contributed by atoms with Crippen LogP contribution in [0.3, 0.4) is 0 Å². The molecule has 0 aliphatic carbocycles. The maximum Gasteiger partial charge on any atom is 0.260 e. The van der Waals surface area contributed by atoms with Gasteiger partial charge < -0.3 is 19.3 Å². The van der Waals surface area contributed by atoms with E-state index >= 15 is 0 Å². The number of ether oxygens (including phenoxy) is 2. The van der Waals surface area contributed by atoms with E-state index in [1.807, 2.05) is 4.90 Å². The smallest absolute Gasteiger partial charge is 0.260 e. The van der Waals surface area contributed by atoms with Crippen LogP contribution in [0, 0.1) is 5.92 Å². The summed E-state index contributed by atoms with van der Waals surface area (Å²) in [6.07, 6.45) is 1.45. The van der Waals surface area contributed by atoms with Crippen LogP contribution in [0.1, 0.15) is 44.0 Å². The van der Waals surface area contributed by atoms with Crippen LogP contribution in [0.25, 0.3) is 0 Å². The molecule has 7 nitrogen and oxygen atoms in total. The molecular weight excluding hydrogens is 360 g/mol. The minimum Gasteiger partial charge on any atom is -0.493 e. The van der Waals surface area contributed by atoms with E-state index < -0.39 is 0 Å². The van der Waals surface area contributed by atoms with Crippen molar-refractivity contribution in [2.45, 2.75) is 33.6 Å². The summed E-state index contributed by atoms with van der Waals surface area (Å²) < 4.78 is 10.9. The number of Topliss-reactive ketones (excluding diaryl/α,β-unsaturated/α-hetero) is 1. The van der Waals surface area contributed by atoms with Gasteiger partial charge in [-0.05, 0) is 37.5 Å². The Morgan fingerprint density at radius 2 is 1.61 bits per heavy atom. The summed E-state index contributed by atoms with van der Waals surface area (Å²) in [6, 6.07) is 4.88. The molecule has 2 amide bonds. The van der Waals surface area contributed by atoms with Crippen LogP contribution in [0.4, 0.5) is 0 Å². The van der Waals surface area contributed by atoms with Gasteiger partial charge in [0.25, 0.3) is 5.91 Å². The predicted octanol–water partition coefficient (Wildman–Crippen LogP) is 2.38. The summed E-state index contributed by atoms with van der Waals surface area (Å²) >= 11 is 0. The van der Waals surface area contributed by atoms with Gasteiger partial charge in [-0.2, -0.15) is 0 Å². The second-order valence-electron chi connectivity index (χ2n) is 7.40. The minimum absolute atomic E-state index is 0.0678. The fourth-order valence-electron chi connectivity index (χ4n) is 3.01. The quantitative estimate of drug-likeness (QED) is 0.637. The summed E-state index contributed by atoms with van der Waals surface area (Å²) in [5.74, 6) is 1.30. The van der Waals surface area contributed by atoms with Crippen molar-refractivity contribution in [3.63, 3.8) is 0 Å². The maximum absolute atomic E-state index is 12.4. The summed E-state index contributed by atoms with van der Waals surface area (Å²) in [4.78, 5) is 39.6. The maximum atomic E-state index is 12.4. The van der Waals surface area contributed by atoms with Crippen LogP contribution in [0.5, 0.6) is 11.5 Å². The number of carbonyl (C=O) groups excluding carboxylic acids is 3. The zero-order chi connectivity index (χ0) is 20.7. The third-order valence-corrected chi connectivity index (χ3v) is 4.84. The molecule has 0 N–H and O–H groups in total. The number of piperazine rings is 1. The number of carbonyl (C=O) groups is 3.